The monoisotopic (exact) mass is 313 g/mol. The van der Waals surface area contributed by atoms with E-state index in [-0.39, 0.29) is 30.0 Å². The molecule has 1 aromatic carbocycles. The van der Waals surface area contributed by atoms with Gasteiger partial charge in [-0.25, -0.2) is 0 Å². The van der Waals surface area contributed by atoms with Crippen molar-refractivity contribution in [3.8, 4) is 0 Å². The van der Waals surface area contributed by atoms with Crippen LogP contribution in [0.1, 0.15) is 35.7 Å². The molecule has 6 nitrogen and oxygen atoms in total. The van der Waals surface area contributed by atoms with Gasteiger partial charge in [-0.15, -0.1) is 12.4 Å². The molecule has 7 heteroatoms. The minimum absolute atomic E-state index is 0. The van der Waals surface area contributed by atoms with E-state index in [2.05, 4.69) is 5.32 Å². The minimum atomic E-state index is -0.453. The van der Waals surface area contributed by atoms with Crippen LogP contribution in [0.2, 0.25) is 0 Å². The number of nitro groups is 1. The number of amides is 1. The van der Waals surface area contributed by atoms with Crippen LogP contribution in [0.3, 0.4) is 0 Å². The fourth-order valence-corrected chi connectivity index (χ4v) is 2.18. The molecule has 0 saturated heterocycles. The van der Waals surface area contributed by atoms with E-state index in [0.29, 0.717) is 30.0 Å². The van der Waals surface area contributed by atoms with Gasteiger partial charge in [-0.2, -0.15) is 0 Å². The van der Waals surface area contributed by atoms with Crippen LogP contribution in [0.15, 0.2) is 18.2 Å². The largest absolute Gasteiger partial charge is 0.350 e. The van der Waals surface area contributed by atoms with Crippen molar-refractivity contribution in [2.24, 2.45) is 11.7 Å². The number of nitrogens with two attached hydrogens (primary N) is 1. The van der Waals surface area contributed by atoms with E-state index in [1.807, 2.05) is 6.92 Å². The van der Waals surface area contributed by atoms with Crippen LogP contribution in [0.25, 0.3) is 0 Å². The summed E-state index contributed by atoms with van der Waals surface area (Å²) >= 11 is 0. The lowest BCUT2D eigenvalue weighted by molar-refractivity contribution is -0.385. The number of rotatable bonds is 6. The van der Waals surface area contributed by atoms with Gasteiger partial charge in [0.1, 0.15) is 0 Å². The highest BCUT2D eigenvalue weighted by atomic mass is 35.5. The molecule has 116 valence electrons. The van der Waals surface area contributed by atoms with Gasteiger partial charge in [-0.05, 0) is 31.2 Å². The lowest BCUT2D eigenvalue weighted by Crippen LogP contribution is -2.38. The quantitative estimate of drug-likeness (QED) is 0.620. The second kappa shape index (κ2) is 7.38. The Bertz CT molecular complexity index is 532. The zero-order valence-electron chi connectivity index (χ0n) is 11.9. The lowest BCUT2D eigenvalue weighted by atomic mass is 10.1. The molecule has 1 aliphatic carbocycles. The molecule has 1 amide bonds. The number of nitro benzene ring substituents is 1. The molecule has 0 radical (unpaired) electrons. The highest BCUT2D eigenvalue weighted by Gasteiger charge is 2.28. The van der Waals surface area contributed by atoms with Gasteiger partial charge >= 0.3 is 0 Å². The Morgan fingerprint density at radius 2 is 2.19 bits per heavy atom. The normalized spacial score (nSPS) is 15.0. The predicted octanol–water partition coefficient (Wildman–Crippen LogP) is 2.05. The van der Waals surface area contributed by atoms with Crippen LogP contribution in [0.4, 0.5) is 5.69 Å². The van der Waals surface area contributed by atoms with Gasteiger partial charge < -0.3 is 11.1 Å². The highest BCUT2D eigenvalue weighted by Crippen LogP contribution is 2.31. The standard InChI is InChI=1S/C14H19N3O3.ClH/c1-2-9-3-6-11(7-13(9)17(19)20)14(18)16-8-12(15)10-4-5-10;/h3,6-7,10,12H,2,4-5,8,15H2,1H3,(H,16,18);1H. The molecule has 3 N–H and O–H groups in total. The first-order valence-corrected chi connectivity index (χ1v) is 6.84. The smallest absolute Gasteiger partial charge is 0.273 e. The van der Waals surface area contributed by atoms with E-state index >= 15 is 0 Å². The van der Waals surface area contributed by atoms with Crippen molar-refractivity contribution in [3.63, 3.8) is 0 Å². The molecule has 0 aliphatic heterocycles. The van der Waals surface area contributed by atoms with Gasteiger partial charge in [-0.3, -0.25) is 14.9 Å². The Kier molecular flexibility index (Phi) is 6.11. The zero-order valence-corrected chi connectivity index (χ0v) is 12.7. The summed E-state index contributed by atoms with van der Waals surface area (Å²) in [6, 6.07) is 4.55. The van der Waals surface area contributed by atoms with Crippen LogP contribution in [0.5, 0.6) is 0 Å². The molecule has 2 rings (SSSR count). The van der Waals surface area contributed by atoms with Gasteiger partial charge in [0.25, 0.3) is 11.6 Å². The van der Waals surface area contributed by atoms with Gasteiger partial charge in [-0.1, -0.05) is 13.0 Å². The molecule has 1 fully saturated rings. The van der Waals surface area contributed by atoms with E-state index in [1.54, 1.807) is 12.1 Å². The van der Waals surface area contributed by atoms with Crippen molar-refractivity contribution in [1.29, 1.82) is 0 Å². The summed E-state index contributed by atoms with van der Waals surface area (Å²) in [4.78, 5) is 22.5. The van der Waals surface area contributed by atoms with Crippen molar-refractivity contribution >= 4 is 24.0 Å². The molecule has 0 aromatic heterocycles. The average Bonchev–Trinajstić information content (AvgIpc) is 3.28. The number of halogens is 1. The second-order valence-electron chi connectivity index (χ2n) is 5.17. The van der Waals surface area contributed by atoms with Crippen LogP contribution < -0.4 is 11.1 Å². The maximum atomic E-state index is 12.0. The maximum absolute atomic E-state index is 12.0. The average molecular weight is 314 g/mol. The summed E-state index contributed by atoms with van der Waals surface area (Å²) < 4.78 is 0. The molecule has 1 aromatic rings. The summed E-state index contributed by atoms with van der Waals surface area (Å²) in [5, 5.41) is 13.7. The SMILES string of the molecule is CCc1ccc(C(=O)NCC(N)C2CC2)cc1[N+](=O)[O-].Cl. The van der Waals surface area contributed by atoms with Crippen molar-refractivity contribution in [2.75, 3.05) is 6.54 Å². The number of benzene rings is 1. The molecule has 1 unspecified atom stereocenters. The van der Waals surface area contributed by atoms with Crippen molar-refractivity contribution in [1.82, 2.24) is 5.32 Å². The van der Waals surface area contributed by atoms with Crippen molar-refractivity contribution < 1.29 is 9.72 Å². The fourth-order valence-electron chi connectivity index (χ4n) is 2.18. The number of carbonyl (C=O) groups is 1. The van der Waals surface area contributed by atoms with Crippen LogP contribution in [-0.4, -0.2) is 23.4 Å². The molecule has 1 aliphatic rings. The first-order chi connectivity index (χ1) is 9.52. The number of hydrogen-bond donors (Lipinski definition) is 2. The molecule has 21 heavy (non-hydrogen) atoms. The van der Waals surface area contributed by atoms with Crippen LogP contribution in [-0.2, 0) is 6.42 Å². The molecule has 1 atom stereocenters. The van der Waals surface area contributed by atoms with Gasteiger partial charge in [0.2, 0.25) is 0 Å². The Labute approximate surface area is 129 Å². The third-order valence-corrected chi connectivity index (χ3v) is 3.65. The Hall–Kier alpha value is -1.66. The molecule has 1 saturated carbocycles. The van der Waals surface area contributed by atoms with E-state index in [9.17, 15) is 14.9 Å². The fraction of sp³-hybridized carbons (Fsp3) is 0.500. The predicted molar refractivity (Wildman–Crippen MR) is 82.8 cm³/mol. The van der Waals surface area contributed by atoms with E-state index in [4.69, 9.17) is 5.73 Å². The number of hydrogen-bond acceptors (Lipinski definition) is 4. The number of carbonyl (C=O) groups excluding carboxylic acids is 1. The van der Waals surface area contributed by atoms with Gasteiger partial charge in [0, 0.05) is 29.8 Å². The summed E-state index contributed by atoms with van der Waals surface area (Å²) in [5.41, 5.74) is 6.83. The van der Waals surface area contributed by atoms with Gasteiger partial charge in [0.05, 0.1) is 4.92 Å². The van der Waals surface area contributed by atoms with E-state index in [0.717, 1.165) is 12.8 Å². The first kappa shape index (κ1) is 17.4. The third kappa shape index (κ3) is 4.41. The number of nitrogens with zero attached hydrogens (tertiary/aromatic N) is 1. The minimum Gasteiger partial charge on any atom is -0.350 e. The Morgan fingerprint density at radius 3 is 2.71 bits per heavy atom. The number of aryl methyl sites for hydroxylation is 1. The Morgan fingerprint density at radius 1 is 1.52 bits per heavy atom. The summed E-state index contributed by atoms with van der Waals surface area (Å²) in [6.45, 7) is 2.25. The van der Waals surface area contributed by atoms with Crippen molar-refractivity contribution in [2.45, 2.75) is 32.2 Å². The highest BCUT2D eigenvalue weighted by molar-refractivity contribution is 5.95. The Balaban J connectivity index is 0.00000220. The second-order valence-corrected chi connectivity index (χ2v) is 5.17. The first-order valence-electron chi connectivity index (χ1n) is 6.84. The molecule has 0 bridgehead atoms. The molecular weight excluding hydrogens is 294 g/mol. The summed E-state index contributed by atoms with van der Waals surface area (Å²) in [5.74, 6) is 0.193. The molecular formula is C14H20ClN3O3. The van der Waals surface area contributed by atoms with Crippen molar-refractivity contribution in [3.05, 3.63) is 39.4 Å². The van der Waals surface area contributed by atoms with E-state index < -0.39 is 4.92 Å². The maximum Gasteiger partial charge on any atom is 0.273 e. The van der Waals surface area contributed by atoms with Gasteiger partial charge in [0.15, 0.2) is 0 Å². The lowest BCUT2D eigenvalue weighted by Gasteiger charge is -2.11. The summed E-state index contributed by atoms with van der Waals surface area (Å²) in [7, 11) is 0. The van der Waals surface area contributed by atoms with Crippen LogP contribution in [0, 0.1) is 16.0 Å². The zero-order chi connectivity index (χ0) is 14.7. The molecule has 0 heterocycles. The van der Waals surface area contributed by atoms with Crippen LogP contribution >= 0.6 is 12.4 Å². The number of nitrogens with one attached hydrogen (secondary N) is 1. The molecule has 0 spiro atoms. The van der Waals surface area contributed by atoms with E-state index in [1.165, 1.54) is 6.07 Å². The summed E-state index contributed by atoms with van der Waals surface area (Å²) in [6.07, 6.45) is 2.80. The third-order valence-electron chi connectivity index (χ3n) is 3.65. The topological polar surface area (TPSA) is 98.3 Å².